The predicted octanol–water partition coefficient (Wildman–Crippen LogP) is 11.6. The summed E-state index contributed by atoms with van der Waals surface area (Å²) in [4.78, 5) is 12.7. The van der Waals surface area contributed by atoms with Crippen LogP contribution in [0.4, 0.5) is 0 Å². The number of hydrogen-bond acceptors (Lipinski definition) is 8. The van der Waals surface area contributed by atoms with Crippen LogP contribution in [-0.4, -0.2) is 87.5 Å². The van der Waals surface area contributed by atoms with Gasteiger partial charge < -0.3 is 40.3 Å². The second kappa shape index (κ2) is 42.4. The molecule has 0 aromatic rings. The second-order valence-electron chi connectivity index (χ2n) is 18.0. The fourth-order valence-corrected chi connectivity index (χ4v) is 8.07. The van der Waals surface area contributed by atoms with Gasteiger partial charge in [0.25, 0.3) is 0 Å². The number of carbonyl (C=O) groups is 1. The number of rotatable bonds is 43. The Balaban J connectivity index is 2.09. The lowest BCUT2D eigenvalue weighted by molar-refractivity contribution is -0.302. The van der Waals surface area contributed by atoms with Crippen molar-refractivity contribution in [3.8, 4) is 0 Å². The molecule has 358 valence electrons. The summed E-state index contributed by atoms with van der Waals surface area (Å²) >= 11 is 0. The van der Waals surface area contributed by atoms with E-state index in [9.17, 15) is 30.3 Å². The molecule has 7 unspecified atom stereocenters. The average molecular weight is 864 g/mol. The molecule has 0 aromatic heterocycles. The van der Waals surface area contributed by atoms with E-state index in [-0.39, 0.29) is 12.5 Å². The minimum atomic E-state index is -1.57. The Bertz CT molecular complexity index is 1050. The molecule has 1 rings (SSSR count). The zero-order chi connectivity index (χ0) is 44.4. The molecule has 0 aromatic carbocycles. The van der Waals surface area contributed by atoms with Crippen molar-refractivity contribution in [3.05, 3.63) is 36.5 Å². The highest BCUT2D eigenvalue weighted by molar-refractivity contribution is 5.76. The number of allylic oxidation sites excluding steroid dienone is 5. The summed E-state index contributed by atoms with van der Waals surface area (Å²) in [6.07, 6.45) is 47.2. The highest BCUT2D eigenvalue weighted by Gasteiger charge is 2.44. The van der Waals surface area contributed by atoms with Gasteiger partial charge in [-0.3, -0.25) is 4.79 Å². The van der Waals surface area contributed by atoms with E-state index >= 15 is 0 Å². The number of carbonyl (C=O) groups excluding carboxylic acids is 1. The van der Waals surface area contributed by atoms with E-state index in [2.05, 4.69) is 43.5 Å². The van der Waals surface area contributed by atoms with Gasteiger partial charge in [0.2, 0.25) is 5.91 Å². The van der Waals surface area contributed by atoms with E-state index in [1.165, 1.54) is 154 Å². The van der Waals surface area contributed by atoms with Crippen molar-refractivity contribution in [1.29, 1.82) is 0 Å². The van der Waals surface area contributed by atoms with Crippen LogP contribution in [0.2, 0.25) is 0 Å². The van der Waals surface area contributed by atoms with Gasteiger partial charge in [-0.1, -0.05) is 217 Å². The van der Waals surface area contributed by atoms with Crippen molar-refractivity contribution in [2.75, 3.05) is 13.2 Å². The smallest absolute Gasteiger partial charge is 0.220 e. The predicted molar refractivity (Wildman–Crippen MR) is 253 cm³/mol. The van der Waals surface area contributed by atoms with Crippen molar-refractivity contribution in [2.45, 2.75) is 275 Å². The third-order valence-corrected chi connectivity index (χ3v) is 12.2. The molecular formula is C52H97NO8. The molecule has 1 heterocycles. The summed E-state index contributed by atoms with van der Waals surface area (Å²) < 4.78 is 11.1. The number of amides is 1. The Labute approximate surface area is 374 Å². The Morgan fingerprint density at radius 3 is 1.38 bits per heavy atom. The highest BCUT2D eigenvalue weighted by Crippen LogP contribution is 2.23. The lowest BCUT2D eigenvalue weighted by atomic mass is 9.99. The molecule has 0 bridgehead atoms. The third-order valence-electron chi connectivity index (χ3n) is 12.2. The number of hydrogen-bond donors (Lipinski definition) is 6. The van der Waals surface area contributed by atoms with Gasteiger partial charge in [-0.05, 0) is 44.9 Å². The van der Waals surface area contributed by atoms with E-state index < -0.39 is 49.5 Å². The Hall–Kier alpha value is -1.59. The number of ether oxygens (including phenoxy) is 2. The molecule has 7 atom stereocenters. The van der Waals surface area contributed by atoms with Crippen molar-refractivity contribution in [3.63, 3.8) is 0 Å². The molecule has 61 heavy (non-hydrogen) atoms. The van der Waals surface area contributed by atoms with E-state index in [1.54, 1.807) is 6.08 Å². The van der Waals surface area contributed by atoms with E-state index in [0.29, 0.717) is 6.42 Å². The molecule has 1 amide bonds. The fourth-order valence-electron chi connectivity index (χ4n) is 8.07. The normalized spacial score (nSPS) is 20.7. The van der Waals surface area contributed by atoms with Gasteiger partial charge in [-0.15, -0.1) is 0 Å². The van der Waals surface area contributed by atoms with Crippen LogP contribution in [0, 0.1) is 0 Å². The topological polar surface area (TPSA) is 149 Å². The molecular weight excluding hydrogens is 767 g/mol. The highest BCUT2D eigenvalue weighted by atomic mass is 16.7. The molecule has 1 aliphatic heterocycles. The lowest BCUT2D eigenvalue weighted by Crippen LogP contribution is -2.60. The van der Waals surface area contributed by atoms with E-state index in [0.717, 1.165) is 57.8 Å². The molecule has 1 fully saturated rings. The molecule has 0 spiro atoms. The minimum Gasteiger partial charge on any atom is -0.394 e. The third kappa shape index (κ3) is 32.7. The maximum atomic E-state index is 12.7. The summed E-state index contributed by atoms with van der Waals surface area (Å²) in [6.45, 7) is 3.66. The van der Waals surface area contributed by atoms with Gasteiger partial charge in [0.05, 0.1) is 25.4 Å². The summed E-state index contributed by atoms with van der Waals surface area (Å²) in [5.41, 5.74) is 0. The first kappa shape index (κ1) is 57.4. The molecule has 1 aliphatic rings. The van der Waals surface area contributed by atoms with Crippen molar-refractivity contribution >= 4 is 5.91 Å². The SMILES string of the molecule is CCCCCCCCCCCCCCCCCCCCCCCCC/C=C/CC/C=C/CC/C=C/C(O)C(COC1OC(CO)C(O)C(O)C1O)NC(=O)CCCCCCC. The Morgan fingerprint density at radius 1 is 0.541 bits per heavy atom. The van der Waals surface area contributed by atoms with Crippen molar-refractivity contribution in [2.24, 2.45) is 0 Å². The zero-order valence-electron chi connectivity index (χ0n) is 39.4. The number of aliphatic hydroxyl groups is 5. The first-order valence-electron chi connectivity index (χ1n) is 25.7. The Kier molecular flexibility index (Phi) is 39.9. The first-order valence-corrected chi connectivity index (χ1v) is 25.7. The average Bonchev–Trinajstić information content (AvgIpc) is 3.26. The number of aliphatic hydroxyl groups excluding tert-OH is 5. The summed E-state index contributed by atoms with van der Waals surface area (Å²) in [7, 11) is 0. The fraction of sp³-hybridized carbons (Fsp3) is 0.865. The van der Waals surface area contributed by atoms with Gasteiger partial charge >= 0.3 is 0 Å². The summed E-state index contributed by atoms with van der Waals surface area (Å²) in [5.74, 6) is -0.204. The monoisotopic (exact) mass is 864 g/mol. The van der Waals surface area contributed by atoms with E-state index in [1.807, 2.05) is 6.08 Å². The quantitative estimate of drug-likeness (QED) is 0.0262. The molecule has 9 heteroatoms. The number of unbranched alkanes of at least 4 members (excludes halogenated alkanes) is 29. The van der Waals surface area contributed by atoms with Gasteiger partial charge in [-0.25, -0.2) is 0 Å². The van der Waals surface area contributed by atoms with Crippen LogP contribution < -0.4 is 5.32 Å². The molecule has 1 saturated heterocycles. The summed E-state index contributed by atoms with van der Waals surface area (Å²) in [6, 6.07) is -0.822. The van der Waals surface area contributed by atoms with Crippen LogP contribution in [0.15, 0.2) is 36.5 Å². The van der Waals surface area contributed by atoms with Crippen LogP contribution >= 0.6 is 0 Å². The minimum absolute atomic E-state index is 0.204. The maximum absolute atomic E-state index is 12.7. The first-order chi connectivity index (χ1) is 29.8. The Morgan fingerprint density at radius 2 is 0.934 bits per heavy atom. The molecule has 0 aliphatic carbocycles. The van der Waals surface area contributed by atoms with Gasteiger partial charge in [0.1, 0.15) is 24.4 Å². The zero-order valence-corrected chi connectivity index (χ0v) is 39.4. The van der Waals surface area contributed by atoms with E-state index in [4.69, 9.17) is 9.47 Å². The summed E-state index contributed by atoms with van der Waals surface area (Å²) in [5, 5.41) is 53.8. The van der Waals surface area contributed by atoms with Crippen LogP contribution in [0.1, 0.15) is 232 Å². The van der Waals surface area contributed by atoms with Gasteiger partial charge in [0.15, 0.2) is 6.29 Å². The molecule has 9 nitrogen and oxygen atoms in total. The molecule has 0 saturated carbocycles. The second-order valence-corrected chi connectivity index (χ2v) is 18.0. The standard InChI is InChI=1S/C52H97NO8/c1-3-5-7-9-10-11-12-13-14-15-16-17-18-19-20-21-22-23-24-25-26-27-28-29-30-31-32-33-34-35-36-38-39-41-46(55)45(53-48(56)42-40-37-8-6-4-2)44-60-52-51(59)50(58)49(57)47(43-54)61-52/h30-31,34-35,39,41,45-47,49-52,54-55,57-59H,3-29,32-33,36-38,40,42-44H2,1-2H3,(H,53,56)/b31-30+,35-34+,41-39+. The van der Waals surface area contributed by atoms with Crippen LogP contribution in [0.25, 0.3) is 0 Å². The lowest BCUT2D eigenvalue weighted by Gasteiger charge is -2.40. The maximum Gasteiger partial charge on any atom is 0.220 e. The van der Waals surface area contributed by atoms with Crippen LogP contribution in [0.3, 0.4) is 0 Å². The van der Waals surface area contributed by atoms with Gasteiger partial charge in [0, 0.05) is 6.42 Å². The van der Waals surface area contributed by atoms with Crippen molar-refractivity contribution in [1.82, 2.24) is 5.32 Å². The molecule has 6 N–H and O–H groups in total. The number of nitrogens with one attached hydrogen (secondary N) is 1. The molecule has 0 radical (unpaired) electrons. The van der Waals surface area contributed by atoms with Crippen molar-refractivity contribution < 1.29 is 39.8 Å². The van der Waals surface area contributed by atoms with Crippen LogP contribution in [-0.2, 0) is 14.3 Å². The largest absolute Gasteiger partial charge is 0.394 e. The van der Waals surface area contributed by atoms with Crippen LogP contribution in [0.5, 0.6) is 0 Å². The van der Waals surface area contributed by atoms with Gasteiger partial charge in [-0.2, -0.15) is 0 Å².